The van der Waals surface area contributed by atoms with E-state index in [1.165, 1.54) is 43.4 Å². The number of likely N-dealkylation sites (tertiary alicyclic amines) is 1. The van der Waals surface area contributed by atoms with Gasteiger partial charge in [-0.2, -0.15) is 0 Å². The molecule has 2 heterocycles. The summed E-state index contributed by atoms with van der Waals surface area (Å²) in [5.41, 5.74) is 4.19. The maximum absolute atomic E-state index is 10.2. The van der Waals surface area contributed by atoms with E-state index >= 15 is 0 Å². The third-order valence-electron chi connectivity index (χ3n) is 5.41. The Morgan fingerprint density at radius 1 is 1.08 bits per heavy atom. The van der Waals surface area contributed by atoms with E-state index in [9.17, 15) is 5.11 Å². The molecule has 1 fully saturated rings. The highest BCUT2D eigenvalue weighted by molar-refractivity contribution is 5.72. The molecule has 5 nitrogen and oxygen atoms in total. The topological polar surface area (TPSA) is 61.3 Å². The average Bonchev–Trinajstić information content (AvgIpc) is 2.63. The Balaban J connectivity index is 1.69. The van der Waals surface area contributed by atoms with E-state index in [0.717, 1.165) is 36.5 Å². The molecule has 0 unspecified atom stereocenters. The Morgan fingerprint density at radius 2 is 1.88 bits per heavy atom. The number of hydrogen-bond acceptors (Lipinski definition) is 5. The summed E-state index contributed by atoms with van der Waals surface area (Å²) >= 11 is 0. The number of phenols is 1. The van der Waals surface area contributed by atoms with Crippen molar-refractivity contribution in [3.05, 3.63) is 35.4 Å². The van der Waals surface area contributed by atoms with Crippen molar-refractivity contribution in [2.75, 3.05) is 25.5 Å². The molecule has 0 amide bonds. The Hall–Kier alpha value is -2.14. The van der Waals surface area contributed by atoms with Gasteiger partial charge in [0.1, 0.15) is 11.4 Å². The molecule has 132 valence electrons. The number of fused-ring (bicyclic) bond motifs is 1. The van der Waals surface area contributed by atoms with Gasteiger partial charge in [0.15, 0.2) is 5.82 Å². The van der Waals surface area contributed by atoms with Gasteiger partial charge < -0.3 is 15.3 Å². The summed E-state index contributed by atoms with van der Waals surface area (Å²) in [6.45, 7) is 2.23. The molecule has 1 aliphatic carbocycles. The van der Waals surface area contributed by atoms with Crippen molar-refractivity contribution in [3.63, 3.8) is 0 Å². The summed E-state index contributed by atoms with van der Waals surface area (Å²) in [5.74, 6) is 1.23. The van der Waals surface area contributed by atoms with Crippen molar-refractivity contribution in [1.29, 1.82) is 0 Å². The van der Waals surface area contributed by atoms with Gasteiger partial charge in [-0.05, 0) is 69.8 Å². The molecule has 1 atom stereocenters. The zero-order chi connectivity index (χ0) is 17.2. The van der Waals surface area contributed by atoms with Crippen LogP contribution in [0, 0.1) is 0 Å². The maximum Gasteiger partial charge on any atom is 0.152 e. The summed E-state index contributed by atoms with van der Waals surface area (Å²) in [5, 5.41) is 23.0. The Morgan fingerprint density at radius 3 is 2.68 bits per heavy atom. The SMILES string of the molecule is CN1CCC[C@@H](Nc2nnc(-c3ccccc3O)c3c2CCCC3)C1. The number of phenolic OH excluding ortho intramolecular Hbond substituents is 1. The second-order valence-corrected chi connectivity index (χ2v) is 7.32. The molecule has 1 aromatic carbocycles. The summed E-state index contributed by atoms with van der Waals surface area (Å²) < 4.78 is 0. The Bertz CT molecular complexity index is 761. The van der Waals surface area contributed by atoms with Crippen LogP contribution in [0.25, 0.3) is 11.3 Å². The molecule has 0 saturated carbocycles. The molecule has 25 heavy (non-hydrogen) atoms. The second-order valence-electron chi connectivity index (χ2n) is 7.32. The van der Waals surface area contributed by atoms with Crippen LogP contribution in [-0.2, 0) is 12.8 Å². The predicted octanol–water partition coefficient (Wildman–Crippen LogP) is 3.23. The number of hydrogen-bond donors (Lipinski definition) is 2. The minimum Gasteiger partial charge on any atom is -0.507 e. The smallest absolute Gasteiger partial charge is 0.152 e. The standard InChI is InChI=1S/C20H26N4O/c1-24-12-6-7-14(13-24)21-20-16-9-3-2-8-15(16)19(22-23-20)17-10-4-5-11-18(17)25/h4-5,10-11,14,25H,2-3,6-9,12-13H2,1H3,(H,21,23)/t14-/m1/s1. The molecule has 1 aromatic heterocycles. The van der Waals surface area contributed by atoms with E-state index in [1.807, 2.05) is 18.2 Å². The van der Waals surface area contributed by atoms with E-state index in [-0.39, 0.29) is 5.75 Å². The average molecular weight is 338 g/mol. The summed E-state index contributed by atoms with van der Waals surface area (Å²) in [7, 11) is 2.18. The van der Waals surface area contributed by atoms with Crippen LogP contribution >= 0.6 is 0 Å². The molecule has 1 saturated heterocycles. The molecular formula is C20H26N4O. The van der Waals surface area contributed by atoms with Crippen LogP contribution in [0.5, 0.6) is 5.75 Å². The van der Waals surface area contributed by atoms with Gasteiger partial charge in [-0.1, -0.05) is 12.1 Å². The number of piperidine rings is 1. The van der Waals surface area contributed by atoms with Crippen LogP contribution in [0.4, 0.5) is 5.82 Å². The van der Waals surface area contributed by atoms with Crippen LogP contribution in [0.2, 0.25) is 0 Å². The van der Waals surface area contributed by atoms with Gasteiger partial charge in [0, 0.05) is 23.7 Å². The number of aromatic hydroxyl groups is 1. The van der Waals surface area contributed by atoms with E-state index in [0.29, 0.717) is 6.04 Å². The number of benzene rings is 1. The highest BCUT2D eigenvalue weighted by Gasteiger charge is 2.24. The number of rotatable bonds is 3. The van der Waals surface area contributed by atoms with Crippen molar-refractivity contribution >= 4 is 5.82 Å². The van der Waals surface area contributed by atoms with Crippen LogP contribution in [-0.4, -0.2) is 46.4 Å². The van der Waals surface area contributed by atoms with E-state index in [2.05, 4.69) is 27.5 Å². The van der Waals surface area contributed by atoms with Crippen molar-refractivity contribution in [1.82, 2.24) is 15.1 Å². The van der Waals surface area contributed by atoms with E-state index in [1.54, 1.807) is 6.07 Å². The largest absolute Gasteiger partial charge is 0.507 e. The third-order valence-corrected chi connectivity index (χ3v) is 5.41. The van der Waals surface area contributed by atoms with Crippen molar-refractivity contribution < 1.29 is 5.11 Å². The molecule has 0 bridgehead atoms. The monoisotopic (exact) mass is 338 g/mol. The first-order chi connectivity index (χ1) is 12.2. The van der Waals surface area contributed by atoms with Crippen LogP contribution in [0.3, 0.4) is 0 Å². The van der Waals surface area contributed by atoms with Gasteiger partial charge in [-0.25, -0.2) is 0 Å². The molecule has 2 aliphatic rings. The molecule has 0 radical (unpaired) electrons. The molecule has 4 rings (SSSR count). The lowest BCUT2D eigenvalue weighted by Crippen LogP contribution is -2.40. The number of likely N-dealkylation sites (N-methyl/N-ethyl adjacent to an activating group) is 1. The fourth-order valence-electron chi connectivity index (χ4n) is 4.13. The van der Waals surface area contributed by atoms with Crippen LogP contribution in [0.15, 0.2) is 24.3 Å². The lowest BCUT2D eigenvalue weighted by Gasteiger charge is -2.31. The quantitative estimate of drug-likeness (QED) is 0.900. The first-order valence-corrected chi connectivity index (χ1v) is 9.34. The normalized spacial score (nSPS) is 20.9. The predicted molar refractivity (Wildman–Crippen MR) is 99.9 cm³/mol. The molecule has 5 heteroatoms. The fourth-order valence-corrected chi connectivity index (χ4v) is 4.13. The number of anilines is 1. The highest BCUT2D eigenvalue weighted by Crippen LogP contribution is 2.36. The van der Waals surface area contributed by atoms with Crippen LogP contribution in [0.1, 0.15) is 36.8 Å². The number of para-hydroxylation sites is 1. The van der Waals surface area contributed by atoms with E-state index < -0.39 is 0 Å². The fraction of sp³-hybridized carbons (Fsp3) is 0.500. The zero-order valence-corrected chi connectivity index (χ0v) is 14.8. The Kier molecular flexibility index (Phi) is 4.57. The minimum absolute atomic E-state index is 0.277. The van der Waals surface area contributed by atoms with Crippen molar-refractivity contribution in [2.45, 2.75) is 44.6 Å². The van der Waals surface area contributed by atoms with Crippen molar-refractivity contribution in [2.24, 2.45) is 0 Å². The molecular weight excluding hydrogens is 312 g/mol. The molecule has 0 spiro atoms. The first-order valence-electron chi connectivity index (χ1n) is 9.34. The molecule has 1 aliphatic heterocycles. The Labute approximate surface area is 149 Å². The first kappa shape index (κ1) is 16.3. The van der Waals surface area contributed by atoms with Gasteiger partial charge in [0.2, 0.25) is 0 Å². The molecule has 2 aromatic rings. The van der Waals surface area contributed by atoms with Gasteiger partial charge in [0.05, 0.1) is 0 Å². The van der Waals surface area contributed by atoms with Gasteiger partial charge >= 0.3 is 0 Å². The summed E-state index contributed by atoms with van der Waals surface area (Å²) in [6.07, 6.45) is 6.81. The van der Waals surface area contributed by atoms with Gasteiger partial charge in [0.25, 0.3) is 0 Å². The van der Waals surface area contributed by atoms with Crippen LogP contribution < -0.4 is 5.32 Å². The minimum atomic E-state index is 0.277. The number of aromatic nitrogens is 2. The zero-order valence-electron chi connectivity index (χ0n) is 14.8. The maximum atomic E-state index is 10.2. The number of nitrogens with zero attached hydrogens (tertiary/aromatic N) is 3. The summed E-state index contributed by atoms with van der Waals surface area (Å²) in [4.78, 5) is 2.37. The van der Waals surface area contributed by atoms with Gasteiger partial charge in [-0.15, -0.1) is 10.2 Å². The lowest BCUT2D eigenvalue weighted by atomic mass is 9.89. The van der Waals surface area contributed by atoms with Crippen molar-refractivity contribution in [3.8, 4) is 17.0 Å². The summed E-state index contributed by atoms with van der Waals surface area (Å²) in [6, 6.07) is 7.87. The second kappa shape index (κ2) is 7.00. The highest BCUT2D eigenvalue weighted by atomic mass is 16.3. The molecule has 2 N–H and O–H groups in total. The van der Waals surface area contributed by atoms with Gasteiger partial charge in [-0.3, -0.25) is 0 Å². The lowest BCUT2D eigenvalue weighted by molar-refractivity contribution is 0.260. The van der Waals surface area contributed by atoms with E-state index in [4.69, 9.17) is 0 Å². The third kappa shape index (κ3) is 3.33. The number of nitrogens with one attached hydrogen (secondary N) is 1.